The van der Waals surface area contributed by atoms with E-state index in [1.807, 2.05) is 178 Å². The number of halogens is 5. The molecule has 30 nitrogen and oxygen atoms in total. The van der Waals surface area contributed by atoms with Gasteiger partial charge in [-0.15, -0.1) is 34.0 Å². The standard InChI is InChI=1S/C22H22N2O4S2.C21H19ClN2O4S2.C21H20N2O4S2.C20H20F2N2O4S.C19H18F2N2O4S/c1-15-6-7-19-17(12-15)14-28-22(25)24(19)18-8-10-23(11-9-18)30(26,27)21-13-16-4-2-3-5-20(16)29-21;22-16-5-6-18-15(11-16)13-28-21(25)24(18)17-7-9-23(10-8-17)30(26,27)20-12-14-3-1-2-4-19(14)29-20;24-21-23(18-7-3-1-6-16(18)14-27-21)17-9-11-22(12-10-17)29(25,26)20-13-15-5-2-4-8-19(15)28-20;1-13-3-2-4-14-12-28-20(25)24(19(13)14)16-7-9-23(10-8-16)29(26,27)18-6-5-15(21)11-17(18)22;20-14-5-6-16(21)18(11-14)28(25,26)22-9-7-15(8-10-22)23-17-4-2-1-3-13(17)12-27-19(23)24/h2-7,12-13,18H,8-11,14H2,1H3;1-6,11-12,17H,7-10,13H2;1-8,13,17H,9-12,14H2;2-6,11,16H,7-10,12H2,1H3;1-6,11,15H,7-10,12H2. The fourth-order valence-corrected chi connectivity index (χ4v) is 32.4. The molecule has 5 fully saturated rings. The van der Waals surface area contributed by atoms with Crippen molar-refractivity contribution in [1.29, 1.82) is 0 Å². The Kier molecular flexibility index (Phi) is 30.0. The highest BCUT2D eigenvalue weighted by Gasteiger charge is 2.46. The van der Waals surface area contributed by atoms with Gasteiger partial charge in [0, 0.05) is 149 Å². The van der Waals surface area contributed by atoms with Crippen LogP contribution in [0.3, 0.4) is 0 Å². The number of cyclic esters (lactones) is 5. The first-order valence-electron chi connectivity index (χ1n) is 47.4. The SMILES string of the molecule is Cc1ccc2c(c1)COC(=O)N2C1CCN(S(=O)(=O)c2cc3ccccc3s2)CC1.Cc1cccc2c1N(C1CCN(S(=O)(=O)c3ccc(F)cc3F)CC1)C(=O)OC2.O=C1OCc2cc(Cl)ccc2N1C1CCN(S(=O)(=O)c2cc3ccccc3s2)CC1.O=C1OCc2ccccc2N1C1CCN(S(=O)(=O)c2cc(F)ccc2F)CC1.O=C1OCc2ccccc2N1C1CCN(S(=O)(=O)c2cc3ccccc3s2)CC1. The summed E-state index contributed by atoms with van der Waals surface area (Å²) in [6.45, 7) is 7.77. The number of carbonyl (C=O) groups is 5. The first-order chi connectivity index (χ1) is 70.1. The van der Waals surface area contributed by atoms with E-state index < -0.39 is 101 Å². The summed E-state index contributed by atoms with van der Waals surface area (Å²) in [5.74, 6) is -3.76. The number of fused-ring (bicyclic) bond motifs is 8. The zero-order valence-corrected chi connectivity index (χ0v) is 86.1. The van der Waals surface area contributed by atoms with Crippen LogP contribution in [0.25, 0.3) is 30.3 Å². The third kappa shape index (κ3) is 21.1. The van der Waals surface area contributed by atoms with E-state index in [4.69, 9.17) is 35.3 Å². The Labute approximate surface area is 858 Å². The number of rotatable bonds is 15. The Bertz CT molecular complexity index is 7550. The minimum absolute atomic E-state index is 0.0715. The molecule has 43 heteroatoms. The molecule has 0 unspecified atom stereocenters. The molecular formula is C103H99ClF4N10O20S8. The predicted octanol–water partition coefficient (Wildman–Crippen LogP) is 20.5. The number of para-hydroxylation sites is 3. The van der Waals surface area contributed by atoms with E-state index in [1.54, 1.807) is 59.1 Å². The molecule has 13 aromatic rings. The lowest BCUT2D eigenvalue weighted by atomic mass is 10.00. The van der Waals surface area contributed by atoms with Gasteiger partial charge in [0.2, 0.25) is 20.0 Å². The summed E-state index contributed by atoms with van der Waals surface area (Å²) in [4.78, 5) is 69.2. The molecule has 0 aliphatic carbocycles. The van der Waals surface area contributed by atoms with Crippen LogP contribution in [0.4, 0.5) is 70.0 Å². The summed E-state index contributed by atoms with van der Waals surface area (Å²) in [5.41, 5.74) is 10.8. The van der Waals surface area contributed by atoms with Crippen molar-refractivity contribution in [2.24, 2.45) is 0 Å². The number of hydrogen-bond donors (Lipinski definition) is 0. The smallest absolute Gasteiger partial charge is 0.414 e. The molecule has 0 bridgehead atoms. The maximum atomic E-state index is 14.0. The number of carbonyl (C=O) groups excluding carboxylic acids is 5. The summed E-state index contributed by atoms with van der Waals surface area (Å²) in [6.07, 6.45) is 2.87. The van der Waals surface area contributed by atoms with Crippen molar-refractivity contribution >= 4 is 185 Å². The van der Waals surface area contributed by atoms with Crippen molar-refractivity contribution in [2.45, 2.75) is 164 Å². The third-order valence-corrected chi connectivity index (χ3v) is 42.0. The molecule has 10 aliphatic rings. The summed E-state index contributed by atoms with van der Waals surface area (Å²) in [7, 11) is -18.9. The van der Waals surface area contributed by atoms with Crippen LogP contribution in [0.2, 0.25) is 5.02 Å². The summed E-state index contributed by atoms with van der Waals surface area (Å²) >= 11 is 9.97. The van der Waals surface area contributed by atoms with Crippen molar-refractivity contribution in [3.8, 4) is 0 Å². The van der Waals surface area contributed by atoms with E-state index in [-0.39, 0.29) is 102 Å². The van der Waals surface area contributed by atoms with Gasteiger partial charge in [-0.3, -0.25) is 24.5 Å². The van der Waals surface area contributed by atoms with E-state index in [9.17, 15) is 83.6 Å². The average molecular weight is 2160 g/mol. The molecule has 10 aromatic carbocycles. The molecule has 5 saturated heterocycles. The van der Waals surface area contributed by atoms with Crippen LogP contribution in [0.1, 0.15) is 103 Å². The molecule has 0 radical (unpaired) electrons. The first-order valence-corrected chi connectivity index (χ1v) is 57.4. The number of aryl methyl sites for hydroxylation is 2. The van der Waals surface area contributed by atoms with Crippen LogP contribution in [-0.2, 0) is 107 Å². The second-order valence-electron chi connectivity index (χ2n) is 36.5. The Morgan fingerprint density at radius 3 is 1.01 bits per heavy atom. The number of ether oxygens (including phenoxy) is 5. The minimum Gasteiger partial charge on any atom is -0.444 e. The lowest BCUT2D eigenvalue weighted by Crippen LogP contribution is -2.50. The molecule has 0 N–H and O–H groups in total. The zero-order chi connectivity index (χ0) is 102. The van der Waals surface area contributed by atoms with Crippen molar-refractivity contribution in [1.82, 2.24) is 21.5 Å². The number of nitrogens with zero attached hydrogens (tertiary/aromatic N) is 10. The van der Waals surface area contributed by atoms with E-state index >= 15 is 0 Å². The number of benzene rings is 10. The van der Waals surface area contributed by atoms with Crippen LogP contribution in [0.15, 0.2) is 253 Å². The Hall–Kier alpha value is -12.0. The molecule has 0 spiro atoms. The molecule has 764 valence electrons. The number of piperidine rings is 5. The van der Waals surface area contributed by atoms with Crippen LogP contribution < -0.4 is 24.5 Å². The van der Waals surface area contributed by atoms with E-state index in [2.05, 4.69) is 0 Å². The van der Waals surface area contributed by atoms with E-state index in [1.165, 1.54) is 46.9 Å². The number of amides is 5. The topological polar surface area (TPSA) is 335 Å². The Balaban J connectivity index is 0.000000115. The van der Waals surface area contributed by atoms with Gasteiger partial charge in [-0.05, 0) is 203 Å². The van der Waals surface area contributed by atoms with Gasteiger partial charge in [-0.2, -0.15) is 21.5 Å². The van der Waals surface area contributed by atoms with Crippen LogP contribution in [0, 0.1) is 37.1 Å². The first kappa shape index (κ1) is 103. The quantitative estimate of drug-likeness (QED) is 0.0679. The Morgan fingerprint density at radius 2 is 0.603 bits per heavy atom. The largest absolute Gasteiger partial charge is 0.444 e. The number of hydrogen-bond acceptors (Lipinski definition) is 23. The molecule has 23 rings (SSSR count). The van der Waals surface area contributed by atoms with Crippen LogP contribution in [-0.4, -0.2) is 190 Å². The highest BCUT2D eigenvalue weighted by atomic mass is 35.5. The second-order valence-corrected chi connectivity index (χ2v) is 50.5. The highest BCUT2D eigenvalue weighted by molar-refractivity contribution is 7.92. The zero-order valence-electron chi connectivity index (χ0n) is 78.8. The lowest BCUT2D eigenvalue weighted by molar-refractivity contribution is 0.135. The fourth-order valence-electron chi connectivity index (χ4n) is 20.1. The number of sulfonamides is 5. The monoisotopic (exact) mass is 2160 g/mol. The second kappa shape index (κ2) is 42.7. The average Bonchev–Trinajstić information content (AvgIpc) is 1.71. The molecule has 10 aliphatic heterocycles. The molecule has 5 amide bonds. The van der Waals surface area contributed by atoms with Crippen molar-refractivity contribution < 1.29 is 107 Å². The van der Waals surface area contributed by atoms with E-state index in [0.717, 1.165) is 126 Å². The number of thiophene rings is 3. The third-order valence-electron chi connectivity index (χ3n) is 27.6. The summed E-state index contributed by atoms with van der Waals surface area (Å²) in [6, 6.07) is 64.5. The maximum Gasteiger partial charge on any atom is 0.414 e. The molecule has 0 atom stereocenters. The maximum absolute atomic E-state index is 14.0. The molecule has 0 saturated carbocycles. The van der Waals surface area contributed by atoms with Crippen molar-refractivity contribution in [3.05, 3.63) is 298 Å². The van der Waals surface area contributed by atoms with Gasteiger partial charge in [-0.25, -0.2) is 83.6 Å². The molecular weight excluding hydrogens is 2070 g/mol. The normalized spacial score (nSPS) is 18.5. The van der Waals surface area contributed by atoms with Gasteiger partial charge in [-0.1, -0.05) is 138 Å². The predicted molar refractivity (Wildman–Crippen MR) is 547 cm³/mol. The van der Waals surface area contributed by atoms with E-state index in [0.29, 0.717) is 133 Å². The van der Waals surface area contributed by atoms with Gasteiger partial charge in [0.25, 0.3) is 30.1 Å². The van der Waals surface area contributed by atoms with Crippen molar-refractivity contribution in [2.75, 3.05) is 89.9 Å². The van der Waals surface area contributed by atoms with Gasteiger partial charge >= 0.3 is 30.5 Å². The number of anilines is 5. The van der Waals surface area contributed by atoms with Gasteiger partial charge < -0.3 is 23.7 Å². The molecule has 3 aromatic heterocycles. The van der Waals surface area contributed by atoms with Gasteiger partial charge in [0.05, 0.1) is 28.4 Å². The van der Waals surface area contributed by atoms with Gasteiger partial charge in [0.1, 0.15) is 78.7 Å². The van der Waals surface area contributed by atoms with Crippen LogP contribution >= 0.6 is 45.6 Å². The van der Waals surface area contributed by atoms with Crippen LogP contribution in [0.5, 0.6) is 0 Å². The summed E-state index contributed by atoms with van der Waals surface area (Å²) < 4.78 is 222. The Morgan fingerprint density at radius 1 is 0.288 bits per heavy atom. The van der Waals surface area contributed by atoms with Gasteiger partial charge in [0.15, 0.2) is 0 Å². The minimum atomic E-state index is -4.16. The summed E-state index contributed by atoms with van der Waals surface area (Å²) in [5, 5.41) is 3.41. The fraction of sp³-hybridized carbons (Fsp3) is 0.311. The lowest BCUT2D eigenvalue weighted by Gasteiger charge is -2.40. The highest BCUT2D eigenvalue weighted by Crippen LogP contribution is 2.44. The van der Waals surface area contributed by atoms with Crippen molar-refractivity contribution in [3.63, 3.8) is 0 Å². The molecule has 146 heavy (non-hydrogen) atoms. The molecule has 13 heterocycles.